The molecule has 0 aromatic heterocycles. The second-order valence-corrected chi connectivity index (χ2v) is 6.28. The molecule has 1 N–H and O–H groups in total. The Morgan fingerprint density at radius 3 is 2.65 bits per heavy atom. The second kappa shape index (κ2) is 6.76. The van der Waals surface area contributed by atoms with Crippen molar-refractivity contribution in [2.24, 2.45) is 0 Å². The van der Waals surface area contributed by atoms with Crippen molar-refractivity contribution < 1.29 is 13.4 Å². The summed E-state index contributed by atoms with van der Waals surface area (Å²) in [6.07, 6.45) is 0. The molecule has 0 aliphatic heterocycles. The second-order valence-electron chi connectivity index (χ2n) is 3.98. The van der Waals surface area contributed by atoms with E-state index in [4.69, 9.17) is 0 Å². The first kappa shape index (κ1) is 14.9. The fourth-order valence-electron chi connectivity index (χ4n) is 1.56. The minimum atomic E-state index is -1.57. The number of nitrogens with one attached hydrogen (secondary N) is 1. The molecule has 0 saturated carbocycles. The molecular weight excluding hydrogens is 345 g/mol. The minimum Gasteiger partial charge on any atom is -0.324 e. The van der Waals surface area contributed by atoms with Crippen molar-refractivity contribution >= 4 is 38.3 Å². The Morgan fingerprint density at radius 1 is 1.20 bits per heavy atom. The fraction of sp³-hybridized carbons (Fsp3) is 0.0714. The average Bonchev–Trinajstić information content (AvgIpc) is 2.41. The van der Waals surface area contributed by atoms with Gasteiger partial charge in [-0.25, -0.2) is 4.39 Å². The van der Waals surface area contributed by atoms with Crippen LogP contribution in [0.1, 0.15) is 0 Å². The van der Waals surface area contributed by atoms with Crippen LogP contribution in [-0.2, 0) is 15.6 Å². The highest BCUT2D eigenvalue weighted by Gasteiger charge is 2.12. The molecule has 20 heavy (non-hydrogen) atoms. The molecule has 2 aromatic carbocycles. The number of rotatable bonds is 4. The Balaban J connectivity index is 2.02. The summed E-state index contributed by atoms with van der Waals surface area (Å²) in [4.78, 5) is 12.1. The molecule has 0 saturated heterocycles. The van der Waals surface area contributed by atoms with Crippen molar-refractivity contribution in [2.45, 2.75) is 4.90 Å². The van der Waals surface area contributed by atoms with E-state index in [2.05, 4.69) is 21.2 Å². The lowest BCUT2D eigenvalue weighted by Crippen LogP contribution is -2.19. The van der Waals surface area contributed by atoms with Crippen LogP contribution >= 0.6 is 15.9 Å². The Morgan fingerprint density at radius 2 is 1.95 bits per heavy atom. The summed E-state index contributed by atoms with van der Waals surface area (Å²) in [6.45, 7) is 0. The standard InChI is InChI=1S/C14H11BrFNO2S/c15-12-6-1-2-7-13(12)17-14(18)9-20(19)11-5-3-4-10(16)8-11/h1-8H,9H2,(H,17,18). The summed E-state index contributed by atoms with van der Waals surface area (Å²) < 4.78 is 25.7. The summed E-state index contributed by atoms with van der Waals surface area (Å²) in [7, 11) is -1.57. The highest BCUT2D eigenvalue weighted by molar-refractivity contribution is 9.10. The van der Waals surface area contributed by atoms with Crippen LogP contribution in [0.4, 0.5) is 10.1 Å². The van der Waals surface area contributed by atoms with Gasteiger partial charge in [0, 0.05) is 9.37 Å². The normalized spacial score (nSPS) is 11.9. The zero-order chi connectivity index (χ0) is 14.5. The van der Waals surface area contributed by atoms with Crippen molar-refractivity contribution in [2.75, 3.05) is 11.1 Å². The van der Waals surface area contributed by atoms with E-state index < -0.39 is 16.6 Å². The molecule has 104 valence electrons. The lowest BCUT2D eigenvalue weighted by atomic mass is 10.3. The van der Waals surface area contributed by atoms with Crippen molar-refractivity contribution in [1.82, 2.24) is 0 Å². The van der Waals surface area contributed by atoms with Crippen molar-refractivity contribution in [3.05, 3.63) is 58.8 Å². The Kier molecular flexibility index (Phi) is 5.03. The van der Waals surface area contributed by atoms with Gasteiger partial charge >= 0.3 is 0 Å². The lowest BCUT2D eigenvalue weighted by Gasteiger charge is -2.07. The summed E-state index contributed by atoms with van der Waals surface area (Å²) in [5.74, 6) is -1.08. The first-order valence-corrected chi connectivity index (χ1v) is 7.86. The van der Waals surface area contributed by atoms with Gasteiger partial charge in [-0.15, -0.1) is 0 Å². The Hall–Kier alpha value is -1.53. The van der Waals surface area contributed by atoms with Gasteiger partial charge in [0.2, 0.25) is 5.91 Å². The number of amides is 1. The van der Waals surface area contributed by atoms with E-state index in [1.165, 1.54) is 24.3 Å². The van der Waals surface area contributed by atoms with Gasteiger partial charge in [0.1, 0.15) is 11.6 Å². The summed E-state index contributed by atoms with van der Waals surface area (Å²) in [5, 5.41) is 2.65. The first-order valence-electron chi connectivity index (χ1n) is 5.74. The van der Waals surface area contributed by atoms with E-state index in [1.807, 2.05) is 6.07 Å². The summed E-state index contributed by atoms with van der Waals surface area (Å²) in [5.41, 5.74) is 0.605. The number of para-hydroxylation sites is 1. The molecule has 0 radical (unpaired) electrons. The maximum atomic E-state index is 13.0. The van der Waals surface area contributed by atoms with Gasteiger partial charge in [-0.2, -0.15) is 0 Å². The van der Waals surface area contributed by atoms with E-state index in [-0.39, 0.29) is 11.7 Å². The van der Waals surface area contributed by atoms with E-state index in [9.17, 15) is 13.4 Å². The third-order valence-corrected chi connectivity index (χ3v) is 4.46. The number of halogens is 2. The molecule has 3 nitrogen and oxygen atoms in total. The number of hydrogen-bond acceptors (Lipinski definition) is 2. The van der Waals surface area contributed by atoms with Gasteiger partial charge in [-0.3, -0.25) is 9.00 Å². The molecule has 0 spiro atoms. The zero-order valence-corrected chi connectivity index (χ0v) is 12.7. The number of benzene rings is 2. The van der Waals surface area contributed by atoms with Crippen molar-refractivity contribution in [3.8, 4) is 0 Å². The maximum Gasteiger partial charge on any atom is 0.237 e. The highest BCUT2D eigenvalue weighted by atomic mass is 79.9. The van der Waals surface area contributed by atoms with Crippen LogP contribution in [0, 0.1) is 5.82 Å². The molecular formula is C14H11BrFNO2S. The maximum absolute atomic E-state index is 13.0. The largest absolute Gasteiger partial charge is 0.324 e. The Labute approximate surface area is 126 Å². The highest BCUT2D eigenvalue weighted by Crippen LogP contribution is 2.21. The van der Waals surface area contributed by atoms with Crippen LogP contribution < -0.4 is 5.32 Å². The van der Waals surface area contributed by atoms with Crippen LogP contribution in [0.5, 0.6) is 0 Å². The lowest BCUT2D eigenvalue weighted by molar-refractivity contribution is -0.113. The number of hydrogen-bond donors (Lipinski definition) is 1. The average molecular weight is 356 g/mol. The third-order valence-electron chi connectivity index (χ3n) is 2.47. The quantitative estimate of drug-likeness (QED) is 0.914. The molecule has 1 amide bonds. The van der Waals surface area contributed by atoms with Crippen LogP contribution in [0.2, 0.25) is 0 Å². The smallest absolute Gasteiger partial charge is 0.237 e. The van der Waals surface area contributed by atoms with Crippen LogP contribution in [-0.4, -0.2) is 15.9 Å². The van der Waals surface area contributed by atoms with Gasteiger partial charge in [0.25, 0.3) is 0 Å². The Bertz CT molecular complexity index is 663. The topological polar surface area (TPSA) is 46.2 Å². The van der Waals surface area contributed by atoms with E-state index >= 15 is 0 Å². The van der Waals surface area contributed by atoms with E-state index in [0.717, 1.165) is 4.47 Å². The molecule has 2 rings (SSSR count). The molecule has 0 bridgehead atoms. The number of anilines is 1. The number of carbonyl (C=O) groups is 1. The van der Waals surface area contributed by atoms with Gasteiger partial charge in [0.15, 0.2) is 0 Å². The molecule has 0 heterocycles. The first-order chi connectivity index (χ1) is 9.56. The predicted octanol–water partition coefficient (Wildman–Crippen LogP) is 3.33. The van der Waals surface area contributed by atoms with E-state index in [0.29, 0.717) is 10.6 Å². The van der Waals surface area contributed by atoms with Gasteiger partial charge in [-0.05, 0) is 46.3 Å². The molecule has 2 aromatic rings. The summed E-state index contributed by atoms with van der Waals surface area (Å²) in [6, 6.07) is 12.6. The SMILES string of the molecule is O=C(CS(=O)c1cccc(F)c1)Nc1ccccc1Br. The molecule has 0 fully saturated rings. The molecule has 6 heteroatoms. The van der Waals surface area contributed by atoms with E-state index in [1.54, 1.807) is 18.2 Å². The van der Waals surface area contributed by atoms with Crippen LogP contribution in [0.3, 0.4) is 0 Å². The van der Waals surface area contributed by atoms with Crippen molar-refractivity contribution in [1.29, 1.82) is 0 Å². The zero-order valence-electron chi connectivity index (χ0n) is 10.3. The van der Waals surface area contributed by atoms with Gasteiger partial charge in [-0.1, -0.05) is 18.2 Å². The summed E-state index contributed by atoms with van der Waals surface area (Å²) >= 11 is 3.31. The monoisotopic (exact) mass is 355 g/mol. The molecule has 1 unspecified atom stereocenters. The van der Waals surface area contributed by atoms with Crippen LogP contribution in [0.25, 0.3) is 0 Å². The van der Waals surface area contributed by atoms with Gasteiger partial charge in [0.05, 0.1) is 16.5 Å². The number of carbonyl (C=O) groups excluding carboxylic acids is 1. The molecule has 0 aliphatic rings. The predicted molar refractivity (Wildman–Crippen MR) is 80.4 cm³/mol. The molecule has 1 atom stereocenters. The molecule has 0 aliphatic carbocycles. The fourth-order valence-corrected chi connectivity index (χ4v) is 2.90. The van der Waals surface area contributed by atoms with Gasteiger partial charge < -0.3 is 5.32 Å². The van der Waals surface area contributed by atoms with Crippen LogP contribution in [0.15, 0.2) is 57.9 Å². The minimum absolute atomic E-state index is 0.217. The third kappa shape index (κ3) is 3.98. The van der Waals surface area contributed by atoms with Crippen molar-refractivity contribution in [3.63, 3.8) is 0 Å².